The molecule has 1 N–H and O–H groups in total. The molecule has 0 radical (unpaired) electrons. The number of anilines is 1. The Hall–Kier alpha value is -5.70. The largest absolute Gasteiger partial charge is 0.384 e. The Kier molecular flexibility index (Phi) is 10.8. The van der Waals surface area contributed by atoms with Crippen LogP contribution in [0.2, 0.25) is 0 Å². The molecule has 4 aromatic carbocycles. The van der Waals surface area contributed by atoms with Crippen LogP contribution in [0, 0.1) is 10.1 Å². The van der Waals surface area contributed by atoms with Gasteiger partial charge in [0.2, 0.25) is 0 Å². The van der Waals surface area contributed by atoms with E-state index in [4.69, 9.17) is 0 Å². The molecule has 0 spiro atoms. The first-order valence-electron chi connectivity index (χ1n) is 17.6. The van der Waals surface area contributed by atoms with E-state index in [9.17, 15) is 34.1 Å². The van der Waals surface area contributed by atoms with Crippen molar-refractivity contribution in [3.8, 4) is 0 Å². The topological polar surface area (TPSA) is 160 Å². The van der Waals surface area contributed by atoms with Gasteiger partial charge in [0.15, 0.2) is 5.43 Å². The van der Waals surface area contributed by atoms with Gasteiger partial charge in [-0.2, -0.15) is 0 Å². The molecule has 0 fully saturated rings. The zero-order valence-corrected chi connectivity index (χ0v) is 31.0. The van der Waals surface area contributed by atoms with Crippen LogP contribution in [0.25, 0.3) is 38.0 Å². The summed E-state index contributed by atoms with van der Waals surface area (Å²) < 4.78 is 2.75. The number of rotatable bonds is 14. The number of fused-ring (bicyclic) bond motifs is 2. The minimum absolute atomic E-state index is 0. The average molecular weight is 754 g/mol. The lowest BCUT2D eigenvalue weighted by Crippen LogP contribution is -2.41. The highest BCUT2D eigenvalue weighted by Gasteiger charge is 2.34. The molecule has 15 heteroatoms. The lowest BCUT2D eigenvalue weighted by molar-refractivity contribution is -0.384. The molecule has 1 aliphatic rings. The molecule has 280 valence electrons. The monoisotopic (exact) mass is 753 g/mol. The van der Waals surface area contributed by atoms with E-state index in [1.165, 1.54) is 21.1 Å². The Morgan fingerprint density at radius 2 is 1.48 bits per heavy atom. The van der Waals surface area contributed by atoms with Crippen molar-refractivity contribution < 1.29 is 14.5 Å². The molecule has 0 aliphatic carbocycles. The minimum Gasteiger partial charge on any atom is -0.384 e. The summed E-state index contributed by atoms with van der Waals surface area (Å²) in [6.07, 6.45) is 1.79. The molecule has 2 aromatic heterocycles. The molecule has 0 saturated carbocycles. The molecule has 3 heterocycles. The molecule has 54 heavy (non-hydrogen) atoms. The van der Waals surface area contributed by atoms with Crippen molar-refractivity contribution in [2.75, 3.05) is 59.2 Å². The number of hydrogen-bond acceptors (Lipinski definition) is 10. The number of nitrogens with one attached hydrogen (secondary N) is 1. The van der Waals surface area contributed by atoms with Gasteiger partial charge in [-0.3, -0.25) is 43.2 Å². The summed E-state index contributed by atoms with van der Waals surface area (Å²) >= 11 is 0. The summed E-state index contributed by atoms with van der Waals surface area (Å²) in [5.74, 6) is -0.960. The molecule has 0 saturated heterocycles. The molecule has 6 aromatic rings. The fourth-order valence-corrected chi connectivity index (χ4v) is 7.42. The number of nitro benzene ring substituents is 1. The van der Waals surface area contributed by atoms with Gasteiger partial charge in [-0.15, -0.1) is 12.4 Å². The molecule has 14 nitrogen and oxygen atoms in total. The molecule has 1 aliphatic heterocycles. The molecule has 7 rings (SSSR count). The van der Waals surface area contributed by atoms with Crippen molar-refractivity contribution in [1.29, 1.82) is 0 Å². The number of nitro groups is 1. The lowest BCUT2D eigenvalue weighted by atomic mass is 9.93. The fraction of sp³-hybridized carbons (Fsp3) is 0.308. The van der Waals surface area contributed by atoms with Gasteiger partial charge in [0.25, 0.3) is 23.1 Å². The Labute approximate surface area is 315 Å². The van der Waals surface area contributed by atoms with Gasteiger partial charge in [0, 0.05) is 53.8 Å². The van der Waals surface area contributed by atoms with Gasteiger partial charge >= 0.3 is 5.69 Å². The van der Waals surface area contributed by atoms with Crippen LogP contribution < -0.4 is 22.0 Å². The van der Waals surface area contributed by atoms with E-state index >= 15 is 0 Å². The Balaban J connectivity index is 0.00000497. The molecule has 2 amide bonds. The van der Waals surface area contributed by atoms with Gasteiger partial charge in [0.1, 0.15) is 0 Å². The molecular weight excluding hydrogens is 714 g/mol. The van der Waals surface area contributed by atoms with Gasteiger partial charge in [0.05, 0.1) is 32.3 Å². The van der Waals surface area contributed by atoms with E-state index in [1.807, 2.05) is 26.0 Å². The second kappa shape index (κ2) is 15.3. The quantitative estimate of drug-likeness (QED) is 0.0422. The highest BCUT2D eigenvalue weighted by Crippen LogP contribution is 2.33. The van der Waals surface area contributed by atoms with Crippen LogP contribution in [-0.4, -0.2) is 94.3 Å². The predicted octanol–water partition coefficient (Wildman–Crippen LogP) is 4.42. The summed E-state index contributed by atoms with van der Waals surface area (Å²) in [4.78, 5) is 84.3. The van der Waals surface area contributed by atoms with Crippen LogP contribution in [0.5, 0.6) is 0 Å². The first-order valence-corrected chi connectivity index (χ1v) is 17.6. The zero-order valence-electron chi connectivity index (χ0n) is 30.2. The third-order valence-electron chi connectivity index (χ3n) is 9.98. The smallest absolute Gasteiger partial charge is 0.336 e. The number of pyridine rings is 1. The Bertz CT molecular complexity index is 2640. The van der Waals surface area contributed by atoms with Crippen molar-refractivity contribution in [3.05, 3.63) is 119 Å². The highest BCUT2D eigenvalue weighted by atomic mass is 35.5. The number of para-hydroxylation sites is 1. The maximum absolute atomic E-state index is 13.9. The van der Waals surface area contributed by atoms with Crippen molar-refractivity contribution in [1.82, 2.24) is 23.7 Å². The number of carbonyl (C=O) groups is 2. The Morgan fingerprint density at radius 1 is 0.759 bits per heavy atom. The van der Waals surface area contributed by atoms with Crippen LogP contribution in [0.4, 0.5) is 11.4 Å². The summed E-state index contributed by atoms with van der Waals surface area (Å²) in [6.45, 7) is 2.84. The van der Waals surface area contributed by atoms with E-state index in [2.05, 4.69) is 10.2 Å². The molecular formula is C39H40ClN7O7. The van der Waals surface area contributed by atoms with Crippen LogP contribution in [0.3, 0.4) is 0 Å². The fourth-order valence-electron chi connectivity index (χ4n) is 7.42. The summed E-state index contributed by atoms with van der Waals surface area (Å²) in [6, 6.07) is 17.9. The number of aromatic nitrogens is 2. The van der Waals surface area contributed by atoms with Crippen LogP contribution in [0.1, 0.15) is 40.0 Å². The molecule has 0 unspecified atom stereocenters. The first-order chi connectivity index (χ1) is 25.5. The maximum atomic E-state index is 13.9. The van der Waals surface area contributed by atoms with Crippen molar-refractivity contribution >= 4 is 73.6 Å². The van der Waals surface area contributed by atoms with Crippen molar-refractivity contribution in [2.24, 2.45) is 0 Å². The molecule has 0 bridgehead atoms. The van der Waals surface area contributed by atoms with E-state index in [1.54, 1.807) is 54.6 Å². The lowest BCUT2D eigenvalue weighted by Gasteiger charge is -2.27. The third-order valence-corrected chi connectivity index (χ3v) is 9.98. The third kappa shape index (κ3) is 6.68. The summed E-state index contributed by atoms with van der Waals surface area (Å²) in [5, 5.41) is 16.8. The summed E-state index contributed by atoms with van der Waals surface area (Å²) in [7, 11) is 5.80. The van der Waals surface area contributed by atoms with Gasteiger partial charge in [-0.25, -0.2) is 4.79 Å². The van der Waals surface area contributed by atoms with Gasteiger partial charge in [-0.1, -0.05) is 24.3 Å². The zero-order chi connectivity index (χ0) is 37.6. The van der Waals surface area contributed by atoms with E-state index in [-0.39, 0.29) is 42.2 Å². The second-order valence-electron chi connectivity index (χ2n) is 13.8. The number of non-ortho nitro benzene ring substituents is 1. The van der Waals surface area contributed by atoms with Crippen molar-refractivity contribution in [3.63, 3.8) is 0 Å². The predicted molar refractivity (Wildman–Crippen MR) is 212 cm³/mol. The number of carbonyl (C=O) groups excluding carboxylic acids is 2. The van der Waals surface area contributed by atoms with Crippen LogP contribution in [-0.2, 0) is 6.54 Å². The second-order valence-corrected chi connectivity index (χ2v) is 13.8. The van der Waals surface area contributed by atoms with Gasteiger partial charge in [-0.05, 0) is 95.8 Å². The summed E-state index contributed by atoms with van der Waals surface area (Å²) in [5.41, 5.74) is 0.451. The number of benzene rings is 4. The standard InChI is InChI=1S/C39H39N7O7.ClH/c1-41(2)17-8-21-44-37(49)28-14-15-30(33-34(28)45(39(44)51)31-13-5-4-11-26(31)35(33)47)40-16-7-18-42(3)19-9-20-43-36(48)27-12-6-10-24-22-25(46(52)53)23-29(32(24)27)38(43)50;/h4-6,10-15,22-23,40H,7-9,16-21H2,1-3H3;1H. The Morgan fingerprint density at radius 3 is 2.24 bits per heavy atom. The first kappa shape index (κ1) is 38.0. The van der Waals surface area contributed by atoms with Crippen LogP contribution >= 0.6 is 12.4 Å². The van der Waals surface area contributed by atoms with Gasteiger partial charge < -0.3 is 15.1 Å². The SMILES string of the molecule is CN(C)CCCn1c(=O)c2ccc(NCCCN(C)CCCN3C(=O)c4cccc5cc([N+](=O)[O-])cc(c45)C3=O)c3c(=O)c4ccccc4n(c1=O)c23.Cl. The number of nitrogens with zero attached hydrogens (tertiary/aromatic N) is 6. The number of halogens is 1. The molecule has 0 atom stereocenters. The van der Waals surface area contributed by atoms with Crippen LogP contribution in [0.15, 0.2) is 81.1 Å². The minimum atomic E-state index is -0.544. The number of hydrogen-bond donors (Lipinski definition) is 1. The number of amides is 2. The highest BCUT2D eigenvalue weighted by molar-refractivity contribution is 6.25. The normalized spacial score (nSPS) is 12.9. The van der Waals surface area contributed by atoms with E-state index in [0.29, 0.717) is 94.7 Å². The average Bonchev–Trinajstić information content (AvgIpc) is 3.14. The maximum Gasteiger partial charge on any atom is 0.336 e. The number of imide groups is 1. The van der Waals surface area contributed by atoms with E-state index in [0.717, 1.165) is 4.90 Å². The van der Waals surface area contributed by atoms with E-state index < -0.39 is 28.0 Å². The van der Waals surface area contributed by atoms with Crippen molar-refractivity contribution in [2.45, 2.75) is 25.8 Å².